The van der Waals surface area contributed by atoms with Gasteiger partial charge in [-0.05, 0) is 36.4 Å². The SMILES string of the molecule is COc1ccc(-c2nnn(O)c2C)cc1. The molecule has 15 heavy (non-hydrogen) atoms. The maximum absolute atomic E-state index is 9.22. The van der Waals surface area contributed by atoms with Crippen LogP contribution in [-0.4, -0.2) is 27.5 Å². The summed E-state index contributed by atoms with van der Waals surface area (Å²) in [6, 6.07) is 7.42. The Bertz CT molecular complexity index is 462. The molecule has 0 saturated carbocycles. The Balaban J connectivity index is 2.41. The number of rotatable bonds is 2. The van der Waals surface area contributed by atoms with Gasteiger partial charge in [0.05, 0.1) is 7.11 Å². The van der Waals surface area contributed by atoms with Gasteiger partial charge in [0.15, 0.2) is 0 Å². The van der Waals surface area contributed by atoms with E-state index >= 15 is 0 Å². The van der Waals surface area contributed by atoms with Crippen molar-refractivity contribution in [3.63, 3.8) is 0 Å². The fourth-order valence-electron chi connectivity index (χ4n) is 1.34. The third-order valence-electron chi connectivity index (χ3n) is 2.24. The first-order chi connectivity index (χ1) is 7.22. The van der Waals surface area contributed by atoms with Crippen LogP contribution in [0.25, 0.3) is 11.3 Å². The van der Waals surface area contributed by atoms with Gasteiger partial charge in [0, 0.05) is 5.56 Å². The standard InChI is InChI=1S/C10H11N3O2/c1-7-10(11-12-13(7)14)8-3-5-9(15-2)6-4-8/h3-6,14H,1-2H3. The normalized spacial score (nSPS) is 10.3. The lowest BCUT2D eigenvalue weighted by molar-refractivity contribution is 0.137. The van der Waals surface area contributed by atoms with Gasteiger partial charge in [-0.1, -0.05) is 4.85 Å². The first kappa shape index (κ1) is 9.51. The molecule has 78 valence electrons. The van der Waals surface area contributed by atoms with Crippen LogP contribution < -0.4 is 4.74 Å². The number of hydrogen-bond donors (Lipinski definition) is 1. The molecule has 2 aromatic rings. The van der Waals surface area contributed by atoms with Crippen molar-refractivity contribution >= 4 is 0 Å². The van der Waals surface area contributed by atoms with Crippen LogP contribution >= 0.6 is 0 Å². The van der Waals surface area contributed by atoms with Gasteiger partial charge in [0.25, 0.3) is 0 Å². The molecule has 0 amide bonds. The predicted octanol–water partition coefficient (Wildman–Crippen LogP) is 1.50. The molecule has 0 aliphatic carbocycles. The molecule has 1 N–H and O–H groups in total. The quantitative estimate of drug-likeness (QED) is 0.755. The minimum atomic E-state index is 0.611. The largest absolute Gasteiger partial charge is 0.497 e. The smallest absolute Gasteiger partial charge is 0.119 e. The average molecular weight is 205 g/mol. The zero-order valence-electron chi connectivity index (χ0n) is 8.51. The summed E-state index contributed by atoms with van der Waals surface area (Å²) in [5, 5.41) is 16.6. The molecule has 5 nitrogen and oxygen atoms in total. The van der Waals surface area contributed by atoms with Gasteiger partial charge in [-0.3, -0.25) is 0 Å². The van der Waals surface area contributed by atoms with Gasteiger partial charge >= 0.3 is 0 Å². The van der Waals surface area contributed by atoms with Crippen LogP contribution in [0.5, 0.6) is 5.75 Å². The van der Waals surface area contributed by atoms with Crippen molar-refractivity contribution in [3.05, 3.63) is 30.0 Å². The van der Waals surface area contributed by atoms with Crippen LogP contribution in [0.1, 0.15) is 5.69 Å². The molecule has 1 heterocycles. The van der Waals surface area contributed by atoms with Crippen LogP contribution in [0.4, 0.5) is 0 Å². The summed E-state index contributed by atoms with van der Waals surface area (Å²) in [5.41, 5.74) is 2.17. The van der Waals surface area contributed by atoms with Gasteiger partial charge in [-0.15, -0.1) is 5.10 Å². The van der Waals surface area contributed by atoms with Crippen molar-refractivity contribution in [3.8, 4) is 17.0 Å². The van der Waals surface area contributed by atoms with Crippen LogP contribution in [0.15, 0.2) is 24.3 Å². The number of hydrogen-bond acceptors (Lipinski definition) is 4. The second kappa shape index (κ2) is 3.61. The summed E-state index contributed by atoms with van der Waals surface area (Å²) in [4.78, 5) is 0.763. The van der Waals surface area contributed by atoms with E-state index in [9.17, 15) is 5.21 Å². The van der Waals surface area contributed by atoms with E-state index in [4.69, 9.17) is 4.74 Å². The summed E-state index contributed by atoms with van der Waals surface area (Å²) in [5.74, 6) is 0.785. The molecule has 2 rings (SSSR count). The third-order valence-corrected chi connectivity index (χ3v) is 2.24. The minimum Gasteiger partial charge on any atom is -0.497 e. The van der Waals surface area contributed by atoms with Gasteiger partial charge in [0.1, 0.15) is 17.1 Å². The van der Waals surface area contributed by atoms with Crippen LogP contribution in [-0.2, 0) is 0 Å². The fraction of sp³-hybridized carbons (Fsp3) is 0.200. The maximum atomic E-state index is 9.22. The van der Waals surface area contributed by atoms with E-state index in [1.54, 1.807) is 14.0 Å². The summed E-state index contributed by atoms with van der Waals surface area (Å²) in [6.45, 7) is 1.75. The molecule has 0 radical (unpaired) electrons. The first-order valence-corrected chi connectivity index (χ1v) is 4.48. The van der Waals surface area contributed by atoms with Crippen LogP contribution in [0.3, 0.4) is 0 Å². The Labute approximate surface area is 86.9 Å². The topological polar surface area (TPSA) is 60.2 Å². The van der Waals surface area contributed by atoms with Gasteiger partial charge in [-0.25, -0.2) is 0 Å². The van der Waals surface area contributed by atoms with Gasteiger partial charge in [-0.2, -0.15) is 0 Å². The molecular formula is C10H11N3O2. The molecule has 0 fully saturated rings. The second-order valence-electron chi connectivity index (χ2n) is 3.14. The Morgan fingerprint density at radius 3 is 2.40 bits per heavy atom. The Morgan fingerprint density at radius 1 is 1.27 bits per heavy atom. The molecular weight excluding hydrogens is 194 g/mol. The summed E-state index contributed by atoms with van der Waals surface area (Å²) in [6.07, 6.45) is 0. The van der Waals surface area contributed by atoms with Gasteiger partial charge < -0.3 is 9.94 Å². The average Bonchev–Trinajstić information content (AvgIpc) is 2.60. The number of nitrogens with zero attached hydrogens (tertiary/aromatic N) is 3. The van der Waals surface area contributed by atoms with E-state index in [0.717, 1.165) is 16.2 Å². The highest BCUT2D eigenvalue weighted by Crippen LogP contribution is 2.22. The van der Waals surface area contributed by atoms with Crippen molar-refractivity contribution < 1.29 is 9.94 Å². The highest BCUT2D eigenvalue weighted by molar-refractivity contribution is 5.61. The maximum Gasteiger partial charge on any atom is 0.119 e. The van der Waals surface area contributed by atoms with E-state index in [1.807, 2.05) is 24.3 Å². The number of ether oxygens (including phenoxy) is 1. The molecule has 5 heteroatoms. The Hall–Kier alpha value is -2.04. The van der Waals surface area contributed by atoms with Crippen molar-refractivity contribution in [2.45, 2.75) is 6.92 Å². The van der Waals surface area contributed by atoms with Crippen molar-refractivity contribution in [2.75, 3.05) is 7.11 Å². The summed E-state index contributed by atoms with van der Waals surface area (Å²) >= 11 is 0. The highest BCUT2D eigenvalue weighted by atomic mass is 16.5. The van der Waals surface area contributed by atoms with E-state index in [1.165, 1.54) is 0 Å². The molecule has 1 aromatic carbocycles. The number of aromatic nitrogens is 3. The molecule has 0 bridgehead atoms. The lowest BCUT2D eigenvalue weighted by Gasteiger charge is -2.01. The zero-order valence-corrected chi connectivity index (χ0v) is 8.51. The number of benzene rings is 1. The first-order valence-electron chi connectivity index (χ1n) is 4.48. The molecule has 0 aliphatic rings. The Morgan fingerprint density at radius 2 is 1.93 bits per heavy atom. The van der Waals surface area contributed by atoms with Crippen molar-refractivity contribution in [2.24, 2.45) is 0 Å². The fourth-order valence-corrected chi connectivity index (χ4v) is 1.34. The van der Waals surface area contributed by atoms with E-state index in [-0.39, 0.29) is 0 Å². The van der Waals surface area contributed by atoms with E-state index in [2.05, 4.69) is 10.3 Å². The Kier molecular flexibility index (Phi) is 2.29. The van der Waals surface area contributed by atoms with E-state index in [0.29, 0.717) is 11.4 Å². The van der Waals surface area contributed by atoms with Gasteiger partial charge in [0.2, 0.25) is 0 Å². The van der Waals surface area contributed by atoms with Crippen LogP contribution in [0, 0.1) is 6.92 Å². The zero-order chi connectivity index (χ0) is 10.8. The minimum absolute atomic E-state index is 0.611. The van der Waals surface area contributed by atoms with Crippen molar-refractivity contribution in [1.82, 2.24) is 15.2 Å². The molecule has 0 atom stereocenters. The molecule has 0 aliphatic heterocycles. The lowest BCUT2D eigenvalue weighted by Crippen LogP contribution is -1.94. The summed E-state index contributed by atoms with van der Waals surface area (Å²) < 4.78 is 5.05. The second-order valence-corrected chi connectivity index (χ2v) is 3.14. The predicted molar refractivity (Wildman–Crippen MR) is 53.9 cm³/mol. The molecule has 0 unspecified atom stereocenters. The molecule has 0 spiro atoms. The number of methoxy groups -OCH3 is 1. The third kappa shape index (κ3) is 1.63. The summed E-state index contributed by atoms with van der Waals surface area (Å²) in [7, 11) is 1.62. The lowest BCUT2D eigenvalue weighted by atomic mass is 10.1. The monoisotopic (exact) mass is 205 g/mol. The van der Waals surface area contributed by atoms with Crippen molar-refractivity contribution in [1.29, 1.82) is 0 Å². The van der Waals surface area contributed by atoms with Crippen LogP contribution in [0.2, 0.25) is 0 Å². The molecule has 0 saturated heterocycles. The molecule has 1 aromatic heterocycles. The highest BCUT2D eigenvalue weighted by Gasteiger charge is 2.09. The van der Waals surface area contributed by atoms with E-state index < -0.39 is 0 Å².